The molecular formula is C12H15F2N3O4. The number of nitrogens with one attached hydrogen (secondary N) is 2. The van der Waals surface area contributed by atoms with Crippen LogP contribution in [0.4, 0.5) is 20.2 Å². The summed E-state index contributed by atoms with van der Waals surface area (Å²) in [4.78, 5) is 21.8. The first-order valence-corrected chi connectivity index (χ1v) is 6.06. The van der Waals surface area contributed by atoms with Gasteiger partial charge in [0.1, 0.15) is 12.3 Å². The molecule has 0 aliphatic heterocycles. The summed E-state index contributed by atoms with van der Waals surface area (Å²) >= 11 is 0. The zero-order valence-corrected chi connectivity index (χ0v) is 11.3. The molecule has 0 fully saturated rings. The Labute approximate surface area is 119 Å². The summed E-state index contributed by atoms with van der Waals surface area (Å²) in [6, 6.07) is 3.85. The van der Waals surface area contributed by atoms with Gasteiger partial charge < -0.3 is 15.4 Å². The van der Waals surface area contributed by atoms with Gasteiger partial charge >= 0.3 is 0 Å². The third kappa shape index (κ3) is 5.30. The summed E-state index contributed by atoms with van der Waals surface area (Å²) < 4.78 is 28.4. The third-order valence-electron chi connectivity index (χ3n) is 2.49. The van der Waals surface area contributed by atoms with E-state index in [1.54, 1.807) is 0 Å². The maximum absolute atomic E-state index is 11.9. The van der Waals surface area contributed by atoms with E-state index in [4.69, 9.17) is 0 Å². The second-order valence-electron chi connectivity index (χ2n) is 3.96. The summed E-state index contributed by atoms with van der Waals surface area (Å²) in [6.45, 7) is -0.626. The molecule has 0 aliphatic carbocycles. The summed E-state index contributed by atoms with van der Waals surface area (Å²) in [5, 5.41) is 16.0. The summed E-state index contributed by atoms with van der Waals surface area (Å²) in [6.07, 6.45) is -2.56. The van der Waals surface area contributed by atoms with Gasteiger partial charge in [-0.3, -0.25) is 14.9 Å². The van der Waals surface area contributed by atoms with E-state index < -0.39 is 18.0 Å². The number of nitro groups is 1. The fraction of sp³-hybridized carbons (Fsp3) is 0.417. The number of hydrogen-bond donors (Lipinski definition) is 2. The lowest BCUT2D eigenvalue weighted by molar-refractivity contribution is -0.384. The predicted octanol–water partition coefficient (Wildman–Crippen LogP) is 1.65. The molecule has 0 aliphatic rings. The third-order valence-corrected chi connectivity index (χ3v) is 2.49. The molecule has 1 rings (SSSR count). The van der Waals surface area contributed by atoms with Gasteiger partial charge in [-0.25, -0.2) is 8.78 Å². The number of nitrogens with zero attached hydrogens (tertiary/aromatic N) is 1. The molecule has 0 radical (unpaired) electrons. The maximum Gasteiger partial charge on any atom is 0.292 e. The fourth-order valence-corrected chi connectivity index (χ4v) is 1.55. The molecule has 116 valence electrons. The van der Waals surface area contributed by atoms with E-state index in [0.29, 0.717) is 0 Å². The van der Waals surface area contributed by atoms with Gasteiger partial charge in [0.25, 0.3) is 18.0 Å². The summed E-state index contributed by atoms with van der Waals surface area (Å²) in [7, 11) is 1.44. The molecule has 9 heteroatoms. The molecule has 0 unspecified atom stereocenters. The first kappa shape index (κ1) is 16.8. The molecule has 0 atom stereocenters. The first-order chi connectivity index (χ1) is 9.95. The van der Waals surface area contributed by atoms with E-state index >= 15 is 0 Å². The van der Waals surface area contributed by atoms with Crippen LogP contribution < -0.4 is 10.6 Å². The van der Waals surface area contributed by atoms with Gasteiger partial charge in [0, 0.05) is 25.2 Å². The number of anilines is 1. The van der Waals surface area contributed by atoms with Gasteiger partial charge in [0.2, 0.25) is 0 Å². The zero-order valence-electron chi connectivity index (χ0n) is 11.3. The minimum absolute atomic E-state index is 0.0360. The van der Waals surface area contributed by atoms with Crippen molar-refractivity contribution in [2.75, 3.05) is 32.1 Å². The van der Waals surface area contributed by atoms with E-state index in [-0.39, 0.29) is 36.0 Å². The van der Waals surface area contributed by atoms with Crippen molar-refractivity contribution in [3.8, 4) is 0 Å². The Balaban J connectivity index is 2.72. The maximum atomic E-state index is 11.9. The first-order valence-electron chi connectivity index (χ1n) is 6.06. The molecule has 1 amide bonds. The van der Waals surface area contributed by atoms with E-state index in [1.165, 1.54) is 25.2 Å². The van der Waals surface area contributed by atoms with Gasteiger partial charge in [0.15, 0.2) is 0 Å². The van der Waals surface area contributed by atoms with Gasteiger partial charge in [-0.05, 0) is 12.1 Å². The van der Waals surface area contributed by atoms with Crippen LogP contribution >= 0.6 is 0 Å². The van der Waals surface area contributed by atoms with Crippen LogP contribution in [-0.2, 0) is 4.74 Å². The number of benzene rings is 1. The molecule has 0 saturated carbocycles. The normalized spacial score (nSPS) is 10.5. The van der Waals surface area contributed by atoms with Crippen molar-refractivity contribution in [3.05, 3.63) is 33.9 Å². The minimum Gasteiger partial charge on any atom is -0.377 e. The number of nitro benzene ring substituents is 1. The molecule has 1 aromatic carbocycles. The van der Waals surface area contributed by atoms with Crippen LogP contribution in [0.1, 0.15) is 10.4 Å². The molecule has 0 aromatic heterocycles. The lowest BCUT2D eigenvalue weighted by atomic mass is 10.1. The second-order valence-corrected chi connectivity index (χ2v) is 3.96. The molecule has 0 saturated heterocycles. The Kier molecular flexibility index (Phi) is 6.47. The Morgan fingerprint density at radius 3 is 2.76 bits per heavy atom. The van der Waals surface area contributed by atoms with E-state index in [0.717, 1.165) is 0 Å². The number of alkyl halides is 2. The predicted molar refractivity (Wildman–Crippen MR) is 71.8 cm³/mol. The van der Waals surface area contributed by atoms with E-state index in [9.17, 15) is 23.7 Å². The molecule has 0 heterocycles. The van der Waals surface area contributed by atoms with Crippen LogP contribution in [0.3, 0.4) is 0 Å². The number of ether oxygens (including phenoxy) is 1. The van der Waals surface area contributed by atoms with Crippen LogP contribution in [0.15, 0.2) is 18.2 Å². The quantitative estimate of drug-likeness (QED) is 0.432. The van der Waals surface area contributed by atoms with E-state index in [2.05, 4.69) is 15.4 Å². The second kappa shape index (κ2) is 8.10. The number of halogens is 2. The fourth-order valence-electron chi connectivity index (χ4n) is 1.55. The van der Waals surface area contributed by atoms with Crippen molar-refractivity contribution < 1.29 is 23.2 Å². The van der Waals surface area contributed by atoms with Crippen LogP contribution in [-0.4, -0.2) is 44.1 Å². The van der Waals surface area contributed by atoms with Gasteiger partial charge in [-0.15, -0.1) is 0 Å². The van der Waals surface area contributed by atoms with E-state index in [1.807, 2.05) is 0 Å². The monoisotopic (exact) mass is 303 g/mol. The number of carbonyl (C=O) groups is 1. The Morgan fingerprint density at radius 1 is 1.48 bits per heavy atom. The molecule has 0 bridgehead atoms. The van der Waals surface area contributed by atoms with Crippen LogP contribution in [0.5, 0.6) is 0 Å². The average molecular weight is 303 g/mol. The largest absolute Gasteiger partial charge is 0.377 e. The van der Waals surface area contributed by atoms with Crippen molar-refractivity contribution in [2.45, 2.75) is 6.43 Å². The average Bonchev–Trinajstić information content (AvgIpc) is 2.45. The smallest absolute Gasteiger partial charge is 0.292 e. The van der Waals surface area contributed by atoms with Crippen LogP contribution in [0.2, 0.25) is 0 Å². The Morgan fingerprint density at radius 2 is 2.19 bits per heavy atom. The molecule has 7 nitrogen and oxygen atoms in total. The molecular weight excluding hydrogens is 288 g/mol. The highest BCUT2D eigenvalue weighted by atomic mass is 19.3. The number of hydrogen-bond acceptors (Lipinski definition) is 5. The Bertz CT molecular complexity index is 511. The lowest BCUT2D eigenvalue weighted by Crippen LogP contribution is -2.18. The van der Waals surface area contributed by atoms with Crippen molar-refractivity contribution >= 4 is 17.3 Å². The van der Waals surface area contributed by atoms with Gasteiger partial charge in [0.05, 0.1) is 11.5 Å². The molecule has 2 N–H and O–H groups in total. The molecule has 21 heavy (non-hydrogen) atoms. The molecule has 0 spiro atoms. The van der Waals surface area contributed by atoms with Crippen molar-refractivity contribution in [2.24, 2.45) is 0 Å². The highest BCUT2D eigenvalue weighted by Crippen LogP contribution is 2.25. The van der Waals surface area contributed by atoms with Crippen LogP contribution in [0.25, 0.3) is 0 Å². The van der Waals surface area contributed by atoms with Crippen molar-refractivity contribution in [1.29, 1.82) is 0 Å². The standard InChI is InChI=1S/C12H15F2N3O4/c1-15-12(18)8-2-3-10(17(19)20)9(6-8)16-4-5-21-7-11(13)14/h2-3,6,11,16H,4-5,7H2,1H3,(H,15,18). The zero-order chi connectivity index (χ0) is 15.8. The SMILES string of the molecule is CNC(=O)c1ccc([N+](=O)[O-])c(NCCOCC(F)F)c1. The van der Waals surface area contributed by atoms with Crippen molar-refractivity contribution in [3.63, 3.8) is 0 Å². The summed E-state index contributed by atoms with van der Waals surface area (Å²) in [5.74, 6) is -0.387. The lowest BCUT2D eigenvalue weighted by Gasteiger charge is -2.09. The van der Waals surface area contributed by atoms with Crippen molar-refractivity contribution in [1.82, 2.24) is 5.32 Å². The molecule has 1 aromatic rings. The number of carbonyl (C=O) groups excluding carboxylic acids is 1. The highest BCUT2D eigenvalue weighted by molar-refractivity contribution is 5.95. The Hall–Kier alpha value is -2.29. The summed E-state index contributed by atoms with van der Waals surface area (Å²) in [5.41, 5.74) is 0.164. The number of rotatable bonds is 8. The number of amides is 1. The van der Waals surface area contributed by atoms with Gasteiger partial charge in [-0.2, -0.15) is 0 Å². The van der Waals surface area contributed by atoms with Gasteiger partial charge in [-0.1, -0.05) is 0 Å². The highest BCUT2D eigenvalue weighted by Gasteiger charge is 2.16. The topological polar surface area (TPSA) is 93.5 Å². The van der Waals surface area contributed by atoms with Crippen LogP contribution in [0, 0.1) is 10.1 Å². The minimum atomic E-state index is -2.56.